The average molecular weight is 218 g/mol. The summed E-state index contributed by atoms with van der Waals surface area (Å²) in [6.07, 6.45) is 3.16. The summed E-state index contributed by atoms with van der Waals surface area (Å²) in [6, 6.07) is 0.543. The largest absolute Gasteiger partial charge is 0.313 e. The number of thioether (sulfide) groups is 1. The third-order valence-corrected chi connectivity index (χ3v) is 4.27. The van der Waals surface area contributed by atoms with Crippen LogP contribution in [-0.4, -0.2) is 42.9 Å². The highest BCUT2D eigenvalue weighted by atomic mass is 32.2. The second kappa shape index (κ2) is 4.81. The highest BCUT2D eigenvalue weighted by Gasteiger charge is 2.33. The van der Waals surface area contributed by atoms with Gasteiger partial charge in [-0.25, -0.2) is 4.39 Å². The number of hydrogen-bond donors (Lipinski definition) is 2. The fourth-order valence-electron chi connectivity index (χ4n) is 2.09. The third-order valence-electron chi connectivity index (χ3n) is 3.06. The van der Waals surface area contributed by atoms with E-state index >= 15 is 0 Å². The lowest BCUT2D eigenvalue weighted by molar-refractivity contribution is 0.179. The number of rotatable bonds is 3. The molecule has 4 heteroatoms. The maximum absolute atomic E-state index is 13.9. The standard InChI is InChI=1S/C10H19FN2S/c11-10(3-4-12-7-10)8-13-9-2-1-5-14-6-9/h9,12-13H,1-8H2. The fourth-order valence-corrected chi connectivity index (χ4v) is 3.20. The van der Waals surface area contributed by atoms with Crippen LogP contribution in [0.15, 0.2) is 0 Å². The summed E-state index contributed by atoms with van der Waals surface area (Å²) in [5.41, 5.74) is -0.984. The number of halogens is 1. The lowest BCUT2D eigenvalue weighted by atomic mass is 10.0. The molecule has 0 spiro atoms. The maximum atomic E-state index is 13.9. The van der Waals surface area contributed by atoms with Crippen molar-refractivity contribution < 1.29 is 4.39 Å². The van der Waals surface area contributed by atoms with E-state index in [0.29, 0.717) is 25.6 Å². The summed E-state index contributed by atoms with van der Waals surface area (Å²) >= 11 is 1.98. The summed E-state index contributed by atoms with van der Waals surface area (Å²) in [5, 5.41) is 6.45. The summed E-state index contributed by atoms with van der Waals surface area (Å²) in [4.78, 5) is 0. The molecule has 82 valence electrons. The molecule has 0 aliphatic carbocycles. The van der Waals surface area contributed by atoms with Crippen molar-refractivity contribution in [3.63, 3.8) is 0 Å². The van der Waals surface area contributed by atoms with Crippen LogP contribution in [0.2, 0.25) is 0 Å². The first kappa shape index (κ1) is 10.7. The first-order chi connectivity index (χ1) is 6.79. The topological polar surface area (TPSA) is 24.1 Å². The van der Waals surface area contributed by atoms with E-state index in [2.05, 4.69) is 10.6 Å². The van der Waals surface area contributed by atoms with Gasteiger partial charge in [0.15, 0.2) is 0 Å². The number of alkyl halides is 1. The van der Waals surface area contributed by atoms with E-state index in [1.54, 1.807) is 0 Å². The van der Waals surface area contributed by atoms with Gasteiger partial charge < -0.3 is 10.6 Å². The van der Waals surface area contributed by atoms with Crippen molar-refractivity contribution in [1.82, 2.24) is 10.6 Å². The van der Waals surface area contributed by atoms with E-state index in [-0.39, 0.29) is 0 Å². The second-order valence-corrected chi connectivity index (χ2v) is 5.52. The van der Waals surface area contributed by atoms with Crippen LogP contribution in [0.1, 0.15) is 19.3 Å². The monoisotopic (exact) mass is 218 g/mol. The highest BCUT2D eigenvalue weighted by Crippen LogP contribution is 2.21. The van der Waals surface area contributed by atoms with E-state index in [9.17, 15) is 4.39 Å². The summed E-state index contributed by atoms with van der Waals surface area (Å²) in [5.74, 6) is 2.43. The molecule has 2 aliphatic heterocycles. The van der Waals surface area contributed by atoms with Gasteiger partial charge in [0.05, 0.1) is 0 Å². The zero-order chi connectivity index (χ0) is 9.86. The summed E-state index contributed by atoms with van der Waals surface area (Å²) in [7, 11) is 0. The molecule has 0 aromatic heterocycles. The van der Waals surface area contributed by atoms with E-state index in [1.165, 1.54) is 18.6 Å². The van der Waals surface area contributed by atoms with Gasteiger partial charge in [-0.15, -0.1) is 0 Å². The Kier molecular flexibility index (Phi) is 3.68. The van der Waals surface area contributed by atoms with Gasteiger partial charge in [0.1, 0.15) is 5.67 Å². The number of hydrogen-bond acceptors (Lipinski definition) is 3. The molecule has 2 unspecified atom stereocenters. The first-order valence-electron chi connectivity index (χ1n) is 5.49. The Morgan fingerprint density at radius 1 is 1.57 bits per heavy atom. The minimum absolute atomic E-state index is 0.528. The molecule has 2 rings (SSSR count). The average Bonchev–Trinajstić information content (AvgIpc) is 2.65. The van der Waals surface area contributed by atoms with E-state index in [0.717, 1.165) is 12.3 Å². The molecule has 2 fully saturated rings. The predicted molar refractivity (Wildman–Crippen MR) is 59.7 cm³/mol. The van der Waals surface area contributed by atoms with Gasteiger partial charge in [-0.3, -0.25) is 0 Å². The van der Waals surface area contributed by atoms with Gasteiger partial charge in [0, 0.05) is 24.9 Å². The minimum atomic E-state index is -0.984. The van der Waals surface area contributed by atoms with Crippen molar-refractivity contribution in [2.75, 3.05) is 31.1 Å². The molecule has 0 aromatic rings. The fraction of sp³-hybridized carbons (Fsp3) is 1.00. The number of nitrogens with one attached hydrogen (secondary N) is 2. The molecule has 2 saturated heterocycles. The van der Waals surface area contributed by atoms with E-state index < -0.39 is 5.67 Å². The van der Waals surface area contributed by atoms with Crippen LogP contribution >= 0.6 is 11.8 Å². The molecule has 0 radical (unpaired) electrons. The lowest BCUT2D eigenvalue weighted by Crippen LogP contribution is -2.44. The molecule has 2 atom stereocenters. The summed E-state index contributed by atoms with van der Waals surface area (Å²) < 4.78 is 13.9. The first-order valence-corrected chi connectivity index (χ1v) is 6.65. The van der Waals surface area contributed by atoms with Crippen molar-refractivity contribution in [2.45, 2.75) is 31.0 Å². The molecule has 2 heterocycles. The Bertz CT molecular complexity index is 177. The Balaban J connectivity index is 1.70. The van der Waals surface area contributed by atoms with Crippen molar-refractivity contribution in [3.05, 3.63) is 0 Å². The molecular weight excluding hydrogens is 199 g/mol. The van der Waals surface area contributed by atoms with Crippen LogP contribution in [-0.2, 0) is 0 Å². The zero-order valence-electron chi connectivity index (χ0n) is 8.52. The molecule has 2 nitrogen and oxygen atoms in total. The highest BCUT2D eigenvalue weighted by molar-refractivity contribution is 7.99. The van der Waals surface area contributed by atoms with Crippen LogP contribution in [0.5, 0.6) is 0 Å². The maximum Gasteiger partial charge on any atom is 0.136 e. The van der Waals surface area contributed by atoms with E-state index in [4.69, 9.17) is 0 Å². The van der Waals surface area contributed by atoms with Gasteiger partial charge in [0.25, 0.3) is 0 Å². The van der Waals surface area contributed by atoms with Gasteiger partial charge in [-0.2, -0.15) is 11.8 Å². The van der Waals surface area contributed by atoms with Crippen molar-refractivity contribution >= 4 is 11.8 Å². The quantitative estimate of drug-likeness (QED) is 0.743. The van der Waals surface area contributed by atoms with Crippen LogP contribution < -0.4 is 10.6 Å². The van der Waals surface area contributed by atoms with Gasteiger partial charge in [-0.1, -0.05) is 0 Å². The Morgan fingerprint density at radius 2 is 2.50 bits per heavy atom. The minimum Gasteiger partial charge on any atom is -0.313 e. The van der Waals surface area contributed by atoms with Gasteiger partial charge in [-0.05, 0) is 31.6 Å². The zero-order valence-corrected chi connectivity index (χ0v) is 9.34. The van der Waals surface area contributed by atoms with Crippen molar-refractivity contribution in [3.8, 4) is 0 Å². The molecule has 0 bridgehead atoms. The van der Waals surface area contributed by atoms with Crippen molar-refractivity contribution in [2.24, 2.45) is 0 Å². The van der Waals surface area contributed by atoms with Crippen LogP contribution in [0.4, 0.5) is 4.39 Å². The smallest absolute Gasteiger partial charge is 0.136 e. The van der Waals surface area contributed by atoms with E-state index in [1.807, 2.05) is 11.8 Å². The molecule has 0 saturated carbocycles. The summed E-state index contributed by atoms with van der Waals surface area (Å²) in [6.45, 7) is 1.89. The molecular formula is C10H19FN2S. The van der Waals surface area contributed by atoms with Crippen LogP contribution in [0, 0.1) is 0 Å². The second-order valence-electron chi connectivity index (χ2n) is 4.37. The Labute approximate surface area is 89.4 Å². The third kappa shape index (κ3) is 2.84. The Hall–Kier alpha value is 0.200. The predicted octanol–water partition coefficient (Wildman–Crippen LogP) is 1.17. The normalized spacial score (nSPS) is 38.8. The SMILES string of the molecule is FC1(CNC2CCCSC2)CCNC1. The van der Waals surface area contributed by atoms with Gasteiger partial charge >= 0.3 is 0 Å². The van der Waals surface area contributed by atoms with Crippen LogP contribution in [0.25, 0.3) is 0 Å². The molecule has 14 heavy (non-hydrogen) atoms. The van der Waals surface area contributed by atoms with Gasteiger partial charge in [0.2, 0.25) is 0 Å². The van der Waals surface area contributed by atoms with Crippen molar-refractivity contribution in [1.29, 1.82) is 0 Å². The molecule has 2 aliphatic rings. The molecule has 0 amide bonds. The molecule has 2 N–H and O–H groups in total. The molecule has 0 aromatic carbocycles. The Morgan fingerprint density at radius 3 is 3.14 bits per heavy atom. The van der Waals surface area contributed by atoms with Crippen LogP contribution in [0.3, 0.4) is 0 Å². The lowest BCUT2D eigenvalue weighted by Gasteiger charge is -2.26.